The van der Waals surface area contributed by atoms with Gasteiger partial charge in [-0.15, -0.1) is 0 Å². The van der Waals surface area contributed by atoms with Crippen molar-refractivity contribution in [3.63, 3.8) is 0 Å². The van der Waals surface area contributed by atoms with Crippen LogP contribution in [0.3, 0.4) is 0 Å². The van der Waals surface area contributed by atoms with E-state index in [-0.39, 0.29) is 0 Å². The smallest absolute Gasteiger partial charge is 0.281 e. The summed E-state index contributed by atoms with van der Waals surface area (Å²) in [4.78, 5) is 20.8. The molecule has 0 aromatic heterocycles. The molecule has 3 nitrogen and oxygen atoms in total. The number of thiol groups is 1. The Bertz CT molecular complexity index is 428. The van der Waals surface area contributed by atoms with E-state index in [1.54, 1.807) is 0 Å². The average molecular weight is 304 g/mol. The van der Waals surface area contributed by atoms with E-state index in [1.165, 1.54) is 19.3 Å². The fraction of sp³-hybridized carbons (Fsp3) is 0.571. The van der Waals surface area contributed by atoms with Crippen LogP contribution >= 0.6 is 6.72 Å². The molecule has 0 radical (unpaired) electrons. The Morgan fingerprint density at radius 2 is 1.79 bits per heavy atom. The van der Waals surface area contributed by atoms with E-state index in [1.807, 2.05) is 31.2 Å². The van der Waals surface area contributed by atoms with E-state index in [9.17, 15) is 9.79 Å². The molecule has 0 bridgehead atoms. The molecule has 1 rings (SSSR count). The minimum absolute atomic E-state index is 0.434. The van der Waals surface area contributed by atoms with Crippen molar-refractivity contribution >= 4 is 17.7 Å². The summed E-state index contributed by atoms with van der Waals surface area (Å²) in [5.41, 5.74) is 1.06. The van der Waals surface area contributed by atoms with E-state index in [4.69, 9.17) is 4.52 Å². The first-order chi connectivity index (χ1) is 9.05. The molecule has 0 aliphatic rings. The van der Waals surface area contributed by atoms with Gasteiger partial charge in [0.15, 0.2) is 0 Å². The molecule has 1 aromatic carbocycles. The lowest BCUT2D eigenvalue weighted by molar-refractivity contribution is 0.245. The lowest BCUT2D eigenvalue weighted by Gasteiger charge is -2.13. The normalized spacial score (nSPS) is 11.8. The molecule has 2 N–H and O–H groups in total. The molecule has 110 valence electrons. The summed E-state index contributed by atoms with van der Waals surface area (Å²) >= 11 is 0. The van der Waals surface area contributed by atoms with Crippen LogP contribution in [0.2, 0.25) is 0 Å². The third-order valence-electron chi connectivity index (χ3n) is 2.87. The highest BCUT2D eigenvalue weighted by Gasteiger charge is 2.10. The largest absolute Gasteiger partial charge is 0.328 e. The maximum atomic E-state index is 9.93. The van der Waals surface area contributed by atoms with Gasteiger partial charge in [0.25, 0.3) is 6.72 Å². The maximum Gasteiger partial charge on any atom is 0.281 e. The van der Waals surface area contributed by atoms with Crippen molar-refractivity contribution < 1.29 is 14.3 Å². The van der Waals surface area contributed by atoms with Gasteiger partial charge < -0.3 is 14.3 Å². The van der Waals surface area contributed by atoms with Crippen LogP contribution in [0.4, 0.5) is 0 Å². The van der Waals surface area contributed by atoms with Crippen molar-refractivity contribution in [2.45, 2.75) is 50.8 Å². The van der Waals surface area contributed by atoms with Gasteiger partial charge in [-0.1, -0.05) is 61.7 Å². The fourth-order valence-electron chi connectivity index (χ4n) is 1.74. The molecule has 5 heteroatoms. The van der Waals surface area contributed by atoms with E-state index in [0.717, 1.165) is 23.3 Å². The summed E-state index contributed by atoms with van der Waals surface area (Å²) in [5.74, 6) is 0. The second-order valence-corrected chi connectivity index (χ2v) is 8.78. The van der Waals surface area contributed by atoms with Gasteiger partial charge in [0.1, 0.15) is 0 Å². The molecule has 0 unspecified atom stereocenters. The van der Waals surface area contributed by atoms with Gasteiger partial charge >= 0.3 is 0 Å². The Hall–Kier alpha value is -0.120. The Labute approximate surface area is 119 Å². The molecular formula is C14H25O3PS. The SMILES string of the molecule is CCCCCCCOP(O)(O)=[SH]c1ccccc1C. The number of benzene rings is 1. The van der Waals surface area contributed by atoms with Crippen molar-refractivity contribution in [2.24, 2.45) is 0 Å². The molecule has 0 saturated heterocycles. The molecule has 1 aromatic rings. The Balaban J connectivity index is 2.45. The monoisotopic (exact) mass is 304 g/mol. The van der Waals surface area contributed by atoms with E-state index >= 15 is 0 Å². The predicted molar refractivity (Wildman–Crippen MR) is 84.3 cm³/mol. The van der Waals surface area contributed by atoms with Gasteiger partial charge in [0, 0.05) is 4.90 Å². The molecule has 0 amide bonds. The van der Waals surface area contributed by atoms with E-state index < -0.39 is 6.72 Å². The quantitative estimate of drug-likeness (QED) is 0.389. The first-order valence-electron chi connectivity index (χ1n) is 6.83. The van der Waals surface area contributed by atoms with Crippen molar-refractivity contribution in [3.8, 4) is 0 Å². The van der Waals surface area contributed by atoms with Crippen LogP contribution in [0.25, 0.3) is 0 Å². The molecule has 0 heterocycles. The first-order valence-corrected chi connectivity index (χ1v) is 10.0. The topological polar surface area (TPSA) is 49.7 Å². The van der Waals surface area contributed by atoms with Crippen molar-refractivity contribution in [3.05, 3.63) is 29.8 Å². The molecule has 0 aliphatic carbocycles. The second-order valence-electron chi connectivity index (χ2n) is 4.65. The van der Waals surface area contributed by atoms with Gasteiger partial charge in [-0.05, 0) is 25.0 Å². The molecule has 19 heavy (non-hydrogen) atoms. The molecule has 0 spiro atoms. The molecular weight excluding hydrogens is 279 g/mol. The predicted octanol–water partition coefficient (Wildman–Crippen LogP) is 3.82. The summed E-state index contributed by atoms with van der Waals surface area (Å²) in [5, 5.41) is 0. The summed E-state index contributed by atoms with van der Waals surface area (Å²) in [6.07, 6.45) is 5.63. The summed E-state index contributed by atoms with van der Waals surface area (Å²) in [6, 6.07) is 7.72. The number of unbranched alkanes of at least 4 members (excludes halogenated alkanes) is 4. The average Bonchev–Trinajstić information content (AvgIpc) is 2.36. The zero-order valence-corrected chi connectivity index (χ0v) is 13.5. The lowest BCUT2D eigenvalue weighted by atomic mass is 10.2. The lowest BCUT2D eigenvalue weighted by Crippen LogP contribution is -1.94. The minimum atomic E-state index is -3.27. The van der Waals surface area contributed by atoms with Crippen molar-refractivity contribution in [1.29, 1.82) is 0 Å². The number of hydrogen-bond donors (Lipinski definition) is 3. The zero-order valence-electron chi connectivity index (χ0n) is 11.7. The third kappa shape index (κ3) is 7.28. The highest BCUT2D eigenvalue weighted by atomic mass is 32.5. The van der Waals surface area contributed by atoms with Crippen LogP contribution in [-0.4, -0.2) is 16.4 Å². The van der Waals surface area contributed by atoms with Gasteiger partial charge in [-0.3, -0.25) is 0 Å². The van der Waals surface area contributed by atoms with Crippen LogP contribution in [0, 0.1) is 6.92 Å². The number of hydrogen-bond acceptors (Lipinski definition) is 1. The number of aryl methyl sites for hydroxylation is 1. The molecule has 0 aliphatic heterocycles. The van der Waals surface area contributed by atoms with E-state index in [0.29, 0.717) is 17.5 Å². The summed E-state index contributed by atoms with van der Waals surface area (Å²) in [6.45, 7) is 1.30. The fourth-order valence-corrected chi connectivity index (χ4v) is 4.77. The Kier molecular flexibility index (Phi) is 7.96. The minimum Gasteiger partial charge on any atom is -0.328 e. The Morgan fingerprint density at radius 3 is 2.47 bits per heavy atom. The van der Waals surface area contributed by atoms with Crippen molar-refractivity contribution in [2.75, 3.05) is 6.61 Å². The number of rotatable bonds is 8. The van der Waals surface area contributed by atoms with Crippen molar-refractivity contribution in [1.82, 2.24) is 0 Å². The molecule has 0 saturated carbocycles. The molecule has 0 fully saturated rings. The van der Waals surface area contributed by atoms with Gasteiger partial charge in [-0.2, -0.15) is 0 Å². The van der Waals surface area contributed by atoms with Gasteiger partial charge in [-0.25, -0.2) is 0 Å². The van der Waals surface area contributed by atoms with Crippen LogP contribution in [-0.2, 0) is 15.5 Å². The second kappa shape index (κ2) is 8.93. The third-order valence-corrected chi connectivity index (χ3v) is 6.15. The van der Waals surface area contributed by atoms with Crippen LogP contribution in [0.15, 0.2) is 29.2 Å². The standard InChI is InChI=1S/C14H25O3PS/c1-3-4-5-6-9-12-17-18(15,16)19-14-11-8-7-10-13(14)2/h7-8,10-11,15-16,19H,3-6,9,12H2,1-2H3. The summed E-state index contributed by atoms with van der Waals surface area (Å²) in [7, 11) is 0.492. The zero-order chi connectivity index (χ0) is 14.1. The first kappa shape index (κ1) is 16.9. The van der Waals surface area contributed by atoms with Crippen LogP contribution < -0.4 is 0 Å². The highest BCUT2D eigenvalue weighted by molar-refractivity contribution is 8.16. The van der Waals surface area contributed by atoms with Gasteiger partial charge in [0.2, 0.25) is 0 Å². The Morgan fingerprint density at radius 1 is 1.11 bits per heavy atom. The highest BCUT2D eigenvalue weighted by Crippen LogP contribution is 2.41. The van der Waals surface area contributed by atoms with Gasteiger partial charge in [0.05, 0.1) is 6.61 Å². The summed E-state index contributed by atoms with van der Waals surface area (Å²) < 4.78 is 5.28. The van der Waals surface area contributed by atoms with Crippen LogP contribution in [0.1, 0.15) is 44.6 Å². The molecule has 0 atom stereocenters. The van der Waals surface area contributed by atoms with E-state index in [2.05, 4.69) is 6.92 Å². The van der Waals surface area contributed by atoms with Crippen LogP contribution in [0.5, 0.6) is 0 Å². The maximum absolute atomic E-state index is 9.93.